The van der Waals surface area contributed by atoms with Crippen molar-refractivity contribution in [2.24, 2.45) is 0 Å². The lowest BCUT2D eigenvalue weighted by Gasteiger charge is -2.25. The summed E-state index contributed by atoms with van der Waals surface area (Å²) in [6, 6.07) is 28.1. The van der Waals surface area contributed by atoms with Crippen molar-refractivity contribution in [2.75, 3.05) is 4.90 Å². The molecule has 1 unspecified atom stereocenters. The lowest BCUT2D eigenvalue weighted by molar-refractivity contribution is -0.117. The molecule has 1 amide bonds. The van der Waals surface area contributed by atoms with E-state index in [0.29, 0.717) is 21.7 Å². The van der Waals surface area contributed by atoms with Gasteiger partial charge in [0.2, 0.25) is 9.84 Å². The number of ketones is 1. The quantitative estimate of drug-likeness (QED) is 0.189. The highest BCUT2D eigenvalue weighted by Gasteiger charge is 2.46. The van der Waals surface area contributed by atoms with Crippen molar-refractivity contribution in [3.63, 3.8) is 0 Å². The van der Waals surface area contributed by atoms with Crippen molar-refractivity contribution in [1.29, 1.82) is 0 Å². The molecule has 43 heavy (non-hydrogen) atoms. The Morgan fingerprint density at radius 1 is 0.930 bits per heavy atom. The minimum atomic E-state index is -3.93. The molecular formula is C33H23ClN2O5S2. The molecule has 6 rings (SSSR count). The highest BCUT2D eigenvalue weighted by molar-refractivity contribution is 7.93. The molecule has 214 valence electrons. The number of benzene rings is 4. The predicted molar refractivity (Wildman–Crippen MR) is 166 cm³/mol. The molecule has 0 saturated heterocycles. The first-order valence-electron chi connectivity index (χ1n) is 13.2. The number of thiazole rings is 1. The average Bonchev–Trinajstić information content (AvgIpc) is 3.61. The third kappa shape index (κ3) is 5.16. The smallest absolute Gasteiger partial charge is 0.296 e. The zero-order chi connectivity index (χ0) is 30.3. The van der Waals surface area contributed by atoms with E-state index in [-0.39, 0.29) is 19.8 Å². The Balaban J connectivity index is 1.49. The lowest BCUT2D eigenvalue weighted by Crippen LogP contribution is -2.31. The summed E-state index contributed by atoms with van der Waals surface area (Å²) in [4.78, 5) is 33.6. The maximum atomic E-state index is 14.4. The largest absolute Gasteiger partial charge is 0.503 e. The number of rotatable bonds is 7. The van der Waals surface area contributed by atoms with E-state index >= 15 is 0 Å². The summed E-state index contributed by atoms with van der Waals surface area (Å²) in [5.41, 5.74) is 2.96. The molecule has 2 heterocycles. The topological polar surface area (TPSA) is 105 Å². The van der Waals surface area contributed by atoms with Gasteiger partial charge in [-0.15, -0.1) is 0 Å². The molecule has 1 aliphatic heterocycles. The number of hydrogen-bond donors (Lipinski definition) is 1. The molecule has 10 heteroatoms. The number of halogens is 1. The summed E-state index contributed by atoms with van der Waals surface area (Å²) < 4.78 is 26.5. The number of anilines is 1. The molecule has 1 aliphatic rings. The first kappa shape index (κ1) is 28.5. The Labute approximate surface area is 257 Å². The molecule has 1 N–H and O–H groups in total. The van der Waals surface area contributed by atoms with Gasteiger partial charge in [-0.2, -0.15) is 0 Å². The molecule has 0 fully saturated rings. The monoisotopic (exact) mass is 626 g/mol. The third-order valence-electron chi connectivity index (χ3n) is 7.12. The first-order chi connectivity index (χ1) is 20.7. The predicted octanol–water partition coefficient (Wildman–Crippen LogP) is 7.39. The van der Waals surface area contributed by atoms with Crippen LogP contribution in [0.25, 0.3) is 11.1 Å². The van der Waals surface area contributed by atoms with Gasteiger partial charge in [0.15, 0.2) is 16.7 Å². The van der Waals surface area contributed by atoms with Gasteiger partial charge in [-0.1, -0.05) is 107 Å². The number of aryl methyl sites for hydroxylation is 1. The highest BCUT2D eigenvalue weighted by Crippen LogP contribution is 2.45. The first-order valence-corrected chi connectivity index (χ1v) is 15.8. The van der Waals surface area contributed by atoms with Gasteiger partial charge in [-0.25, -0.2) is 13.4 Å². The molecule has 5 aromatic rings. The molecule has 0 aliphatic carbocycles. The van der Waals surface area contributed by atoms with E-state index in [1.165, 1.54) is 18.3 Å². The van der Waals surface area contributed by atoms with Crippen molar-refractivity contribution in [1.82, 2.24) is 4.98 Å². The number of aliphatic hydroxyl groups is 1. The van der Waals surface area contributed by atoms with E-state index < -0.39 is 33.3 Å². The summed E-state index contributed by atoms with van der Waals surface area (Å²) in [6.07, 6.45) is 1.18. The average molecular weight is 627 g/mol. The van der Waals surface area contributed by atoms with Gasteiger partial charge in [-0.05, 0) is 47.9 Å². The van der Waals surface area contributed by atoms with Gasteiger partial charge in [-0.3, -0.25) is 14.5 Å². The number of sulfone groups is 1. The number of aliphatic hydroxyl groups excluding tert-OH is 1. The number of carbonyl (C=O) groups is 2. The van der Waals surface area contributed by atoms with Crippen molar-refractivity contribution < 1.29 is 23.1 Å². The van der Waals surface area contributed by atoms with Crippen LogP contribution in [-0.2, 0) is 14.6 Å². The van der Waals surface area contributed by atoms with Crippen LogP contribution in [0.3, 0.4) is 0 Å². The Morgan fingerprint density at radius 2 is 1.63 bits per heavy atom. The normalized spacial score (nSPS) is 15.3. The second-order valence-electron chi connectivity index (χ2n) is 9.92. The number of aromatic nitrogens is 1. The second kappa shape index (κ2) is 11.3. The van der Waals surface area contributed by atoms with Crippen molar-refractivity contribution in [3.05, 3.63) is 142 Å². The SMILES string of the molecule is Cc1ccc(C(=O)C2=C(O)C(=O)N(c3ncc(S(=O)(=O)c4ccccc4)s3)C2c2cccc(Cl)c2)c(-c2ccccc2)c1. The number of amides is 1. The second-order valence-corrected chi connectivity index (χ2v) is 13.5. The summed E-state index contributed by atoms with van der Waals surface area (Å²) in [7, 11) is -3.93. The molecular weight excluding hydrogens is 604 g/mol. The van der Waals surface area contributed by atoms with E-state index in [4.69, 9.17) is 11.6 Å². The fraction of sp³-hybridized carbons (Fsp3) is 0.0606. The molecule has 7 nitrogen and oxygen atoms in total. The van der Waals surface area contributed by atoms with Crippen LogP contribution in [-0.4, -0.2) is 30.2 Å². The van der Waals surface area contributed by atoms with Crippen LogP contribution >= 0.6 is 22.9 Å². The fourth-order valence-corrected chi connectivity index (χ4v) is 7.85. The standard InChI is InChI=1S/C33H23ClN2O5S2/c1-20-15-16-25(26(17-20)21-9-4-2-5-10-21)30(37)28-29(22-11-8-12-23(34)18-22)36(32(39)31(28)38)33-35-19-27(42-33)43(40,41)24-13-6-3-7-14-24/h2-19,29,38H,1H3. The van der Waals surface area contributed by atoms with Crippen molar-refractivity contribution >= 4 is 49.6 Å². The van der Waals surface area contributed by atoms with Gasteiger partial charge in [0.25, 0.3) is 5.91 Å². The van der Waals surface area contributed by atoms with Crippen LogP contribution in [0.5, 0.6) is 0 Å². The maximum absolute atomic E-state index is 14.4. The molecule has 0 radical (unpaired) electrons. The Kier molecular flexibility index (Phi) is 7.47. The zero-order valence-electron chi connectivity index (χ0n) is 22.6. The number of nitrogens with zero attached hydrogens (tertiary/aromatic N) is 2. The van der Waals surface area contributed by atoms with E-state index in [1.807, 2.05) is 43.3 Å². The number of hydrogen-bond acceptors (Lipinski definition) is 7. The molecule has 4 aromatic carbocycles. The highest BCUT2D eigenvalue weighted by atomic mass is 35.5. The van der Waals surface area contributed by atoms with Gasteiger partial charge >= 0.3 is 0 Å². The van der Waals surface area contributed by atoms with Crippen LogP contribution in [0.4, 0.5) is 5.13 Å². The number of carbonyl (C=O) groups excluding carboxylic acids is 2. The molecule has 1 aromatic heterocycles. The third-order valence-corrected chi connectivity index (χ3v) is 10.6. The van der Waals surface area contributed by atoms with Crippen LogP contribution < -0.4 is 4.90 Å². The Morgan fingerprint density at radius 3 is 2.33 bits per heavy atom. The summed E-state index contributed by atoms with van der Waals surface area (Å²) >= 11 is 7.11. The van der Waals surface area contributed by atoms with Crippen LogP contribution in [0, 0.1) is 6.92 Å². The summed E-state index contributed by atoms with van der Waals surface area (Å²) in [5.74, 6) is -2.16. The van der Waals surface area contributed by atoms with Crippen LogP contribution in [0.15, 0.2) is 130 Å². The molecule has 0 spiro atoms. The van der Waals surface area contributed by atoms with Crippen LogP contribution in [0.2, 0.25) is 5.02 Å². The van der Waals surface area contributed by atoms with Gasteiger partial charge in [0.1, 0.15) is 4.21 Å². The van der Waals surface area contributed by atoms with Crippen molar-refractivity contribution in [2.45, 2.75) is 22.1 Å². The molecule has 0 bridgehead atoms. The van der Waals surface area contributed by atoms with E-state index in [0.717, 1.165) is 27.4 Å². The Bertz CT molecular complexity index is 2020. The fourth-order valence-electron chi connectivity index (χ4n) is 5.09. The van der Waals surface area contributed by atoms with Gasteiger partial charge < -0.3 is 5.11 Å². The molecule has 0 saturated carbocycles. The molecule has 1 atom stereocenters. The Hall–Kier alpha value is -4.57. The van der Waals surface area contributed by atoms with E-state index in [9.17, 15) is 23.1 Å². The van der Waals surface area contributed by atoms with Gasteiger partial charge in [0, 0.05) is 10.6 Å². The summed E-state index contributed by atoms with van der Waals surface area (Å²) in [6.45, 7) is 1.91. The summed E-state index contributed by atoms with van der Waals surface area (Å²) in [5, 5.41) is 11.6. The minimum Gasteiger partial charge on any atom is -0.503 e. The van der Waals surface area contributed by atoms with Gasteiger partial charge in [0.05, 0.1) is 22.7 Å². The van der Waals surface area contributed by atoms with Crippen molar-refractivity contribution in [3.8, 4) is 11.1 Å². The van der Waals surface area contributed by atoms with Crippen LogP contribution in [0.1, 0.15) is 27.5 Å². The minimum absolute atomic E-state index is 0.00557. The maximum Gasteiger partial charge on any atom is 0.296 e. The van der Waals surface area contributed by atoms with E-state index in [1.54, 1.807) is 54.6 Å². The van der Waals surface area contributed by atoms with E-state index in [2.05, 4.69) is 4.98 Å². The lowest BCUT2D eigenvalue weighted by atomic mass is 9.88. The number of Topliss-reactive ketones (excluding diaryl/α,β-unsaturated/α-hetero) is 1. The zero-order valence-corrected chi connectivity index (χ0v) is 25.0.